The van der Waals surface area contributed by atoms with E-state index in [-0.39, 0.29) is 10.3 Å². The first kappa shape index (κ1) is 16.5. The molecule has 5 nitrogen and oxygen atoms in total. The van der Waals surface area contributed by atoms with E-state index in [0.717, 1.165) is 12.8 Å². The highest BCUT2D eigenvalue weighted by atomic mass is 35.5. The first-order valence-corrected chi connectivity index (χ1v) is 8.28. The van der Waals surface area contributed by atoms with Crippen molar-refractivity contribution in [1.29, 1.82) is 0 Å². The van der Waals surface area contributed by atoms with Crippen LogP contribution in [0, 0.1) is 19.3 Å². The van der Waals surface area contributed by atoms with Gasteiger partial charge >= 0.3 is 0 Å². The van der Waals surface area contributed by atoms with Crippen molar-refractivity contribution in [3.05, 3.63) is 11.4 Å². The van der Waals surface area contributed by atoms with Gasteiger partial charge in [0.2, 0.25) is 10.0 Å². The number of alkyl halides is 1. The van der Waals surface area contributed by atoms with Crippen LogP contribution in [0.2, 0.25) is 0 Å². The number of hydrogen-bond acceptors (Lipinski definition) is 3. The Balaban J connectivity index is 2.77. The van der Waals surface area contributed by atoms with Gasteiger partial charge in [0.05, 0.1) is 11.4 Å². The molecular weight excluding hydrogens is 286 g/mol. The second-order valence-electron chi connectivity index (χ2n) is 5.54. The molecule has 19 heavy (non-hydrogen) atoms. The van der Waals surface area contributed by atoms with Crippen molar-refractivity contribution in [2.75, 3.05) is 12.4 Å². The highest BCUT2D eigenvalue weighted by Gasteiger charge is 2.25. The Morgan fingerprint density at radius 2 is 2.00 bits per heavy atom. The molecule has 110 valence electrons. The van der Waals surface area contributed by atoms with Crippen molar-refractivity contribution >= 4 is 21.6 Å². The molecule has 2 N–H and O–H groups in total. The second kappa shape index (κ2) is 6.24. The molecule has 0 aliphatic rings. The molecule has 0 saturated heterocycles. The minimum Gasteiger partial charge on any atom is -0.281 e. The summed E-state index contributed by atoms with van der Waals surface area (Å²) in [5.41, 5.74) is 0.931. The third-order valence-corrected chi connectivity index (χ3v) is 4.99. The van der Waals surface area contributed by atoms with Crippen LogP contribution in [0.25, 0.3) is 0 Å². The average molecular weight is 308 g/mol. The molecule has 0 bridgehead atoms. The predicted octanol–water partition coefficient (Wildman–Crippen LogP) is 2.35. The summed E-state index contributed by atoms with van der Waals surface area (Å²) in [5.74, 6) is 0.593. The largest absolute Gasteiger partial charge is 0.281 e. The zero-order valence-electron chi connectivity index (χ0n) is 11.9. The molecule has 0 amide bonds. The van der Waals surface area contributed by atoms with Gasteiger partial charge in [0, 0.05) is 12.4 Å². The molecule has 7 heteroatoms. The van der Waals surface area contributed by atoms with Crippen molar-refractivity contribution in [1.82, 2.24) is 14.9 Å². The van der Waals surface area contributed by atoms with E-state index in [2.05, 4.69) is 14.9 Å². The topological polar surface area (TPSA) is 74.8 Å². The third kappa shape index (κ3) is 4.47. The van der Waals surface area contributed by atoms with Gasteiger partial charge in [-0.15, -0.1) is 11.6 Å². The minimum absolute atomic E-state index is 0.118. The molecule has 0 saturated carbocycles. The maximum absolute atomic E-state index is 12.3. The Kier molecular flexibility index (Phi) is 5.41. The van der Waals surface area contributed by atoms with E-state index >= 15 is 0 Å². The molecule has 0 radical (unpaired) electrons. The van der Waals surface area contributed by atoms with Gasteiger partial charge in [-0.2, -0.15) is 5.10 Å². The molecule has 0 aliphatic carbocycles. The van der Waals surface area contributed by atoms with Crippen LogP contribution < -0.4 is 4.72 Å². The van der Waals surface area contributed by atoms with E-state index in [4.69, 9.17) is 11.6 Å². The Hall–Kier alpha value is -0.590. The fourth-order valence-corrected chi connectivity index (χ4v) is 3.67. The summed E-state index contributed by atoms with van der Waals surface area (Å²) in [6.07, 6.45) is 1.75. The SMILES string of the molecule is Cc1n[nH]c(C)c1S(=O)(=O)NCC(C)(C)CCCCl. The lowest BCUT2D eigenvalue weighted by molar-refractivity contribution is 0.331. The molecular formula is C12H22ClN3O2S. The summed E-state index contributed by atoms with van der Waals surface area (Å²) in [6, 6.07) is 0. The smallest absolute Gasteiger partial charge is 0.244 e. The van der Waals surface area contributed by atoms with E-state index in [1.807, 2.05) is 13.8 Å². The molecule has 1 aromatic rings. The number of rotatable bonds is 7. The van der Waals surface area contributed by atoms with Crippen molar-refractivity contribution in [3.8, 4) is 0 Å². The summed E-state index contributed by atoms with van der Waals surface area (Å²) < 4.78 is 27.2. The summed E-state index contributed by atoms with van der Waals surface area (Å²) in [7, 11) is -3.51. The fraction of sp³-hybridized carbons (Fsp3) is 0.750. The number of nitrogens with one attached hydrogen (secondary N) is 2. The number of hydrogen-bond donors (Lipinski definition) is 2. The van der Waals surface area contributed by atoms with Crippen molar-refractivity contribution in [3.63, 3.8) is 0 Å². The zero-order valence-corrected chi connectivity index (χ0v) is 13.5. The number of aromatic amines is 1. The number of H-pyrrole nitrogens is 1. The van der Waals surface area contributed by atoms with Crippen molar-refractivity contribution < 1.29 is 8.42 Å². The van der Waals surface area contributed by atoms with Gasteiger partial charge in [0.25, 0.3) is 0 Å². The Labute approximate surface area is 120 Å². The molecule has 0 spiro atoms. The lowest BCUT2D eigenvalue weighted by atomic mass is 9.88. The fourth-order valence-electron chi connectivity index (χ4n) is 1.93. The lowest BCUT2D eigenvalue weighted by Gasteiger charge is -2.24. The van der Waals surface area contributed by atoms with Gasteiger partial charge in [-0.25, -0.2) is 13.1 Å². The van der Waals surface area contributed by atoms with E-state index in [1.165, 1.54) is 0 Å². The summed E-state index contributed by atoms with van der Waals surface area (Å²) >= 11 is 5.67. The van der Waals surface area contributed by atoms with Gasteiger partial charge in [-0.1, -0.05) is 13.8 Å². The van der Waals surface area contributed by atoms with Gasteiger partial charge in [-0.3, -0.25) is 5.10 Å². The number of aryl methyl sites for hydroxylation is 2. The lowest BCUT2D eigenvalue weighted by Crippen LogP contribution is -2.34. The van der Waals surface area contributed by atoms with Crippen LogP contribution >= 0.6 is 11.6 Å². The van der Waals surface area contributed by atoms with Crippen LogP contribution in [0.1, 0.15) is 38.1 Å². The maximum atomic E-state index is 12.3. The standard InChI is InChI=1S/C12H22ClN3O2S/c1-9-11(10(2)16-15-9)19(17,18)14-8-12(3,4)6-5-7-13/h14H,5-8H2,1-4H3,(H,15,16). The number of sulfonamides is 1. The Morgan fingerprint density at radius 3 is 2.47 bits per heavy atom. The number of halogens is 1. The molecule has 0 atom stereocenters. The minimum atomic E-state index is -3.51. The molecule has 0 fully saturated rings. The van der Waals surface area contributed by atoms with Crippen LogP contribution in [0.4, 0.5) is 0 Å². The quantitative estimate of drug-likeness (QED) is 0.759. The Morgan fingerprint density at radius 1 is 1.37 bits per heavy atom. The average Bonchev–Trinajstić information content (AvgIpc) is 2.65. The van der Waals surface area contributed by atoms with Crippen molar-refractivity contribution in [2.45, 2.75) is 45.4 Å². The van der Waals surface area contributed by atoms with Crippen LogP contribution in [0.5, 0.6) is 0 Å². The summed E-state index contributed by atoms with van der Waals surface area (Å²) in [6.45, 7) is 7.81. The van der Waals surface area contributed by atoms with Crippen LogP contribution in [0.3, 0.4) is 0 Å². The van der Waals surface area contributed by atoms with Crippen LogP contribution in [-0.2, 0) is 10.0 Å². The first-order chi connectivity index (χ1) is 8.69. The monoisotopic (exact) mass is 307 g/mol. The molecule has 0 aliphatic heterocycles. The first-order valence-electron chi connectivity index (χ1n) is 6.27. The normalized spacial score (nSPS) is 12.9. The molecule has 0 unspecified atom stereocenters. The van der Waals surface area contributed by atoms with Gasteiger partial charge in [0.1, 0.15) is 4.90 Å². The molecule has 1 heterocycles. The maximum Gasteiger partial charge on any atom is 0.244 e. The highest BCUT2D eigenvalue weighted by molar-refractivity contribution is 7.89. The van der Waals surface area contributed by atoms with Gasteiger partial charge < -0.3 is 0 Å². The van der Waals surface area contributed by atoms with Gasteiger partial charge in [-0.05, 0) is 32.1 Å². The second-order valence-corrected chi connectivity index (χ2v) is 7.63. The van der Waals surface area contributed by atoms with E-state index in [1.54, 1.807) is 13.8 Å². The van der Waals surface area contributed by atoms with Crippen LogP contribution in [0.15, 0.2) is 4.90 Å². The molecule has 1 rings (SSSR count). The Bertz CT molecular complexity index is 504. The predicted molar refractivity (Wildman–Crippen MR) is 77.0 cm³/mol. The zero-order chi connectivity index (χ0) is 14.7. The third-order valence-electron chi connectivity index (χ3n) is 3.06. The van der Waals surface area contributed by atoms with E-state index in [0.29, 0.717) is 23.8 Å². The number of nitrogens with zero attached hydrogens (tertiary/aromatic N) is 1. The highest BCUT2D eigenvalue weighted by Crippen LogP contribution is 2.23. The van der Waals surface area contributed by atoms with Crippen molar-refractivity contribution in [2.24, 2.45) is 5.41 Å². The van der Waals surface area contributed by atoms with Crippen LogP contribution in [-0.4, -0.2) is 31.0 Å². The van der Waals surface area contributed by atoms with E-state index in [9.17, 15) is 8.42 Å². The number of aromatic nitrogens is 2. The summed E-state index contributed by atoms with van der Waals surface area (Å²) in [4.78, 5) is 0.251. The molecule has 1 aromatic heterocycles. The molecule has 0 aromatic carbocycles. The summed E-state index contributed by atoms with van der Waals surface area (Å²) in [5, 5.41) is 6.60. The van der Waals surface area contributed by atoms with Gasteiger partial charge in [0.15, 0.2) is 0 Å². The van der Waals surface area contributed by atoms with E-state index < -0.39 is 10.0 Å².